The quantitative estimate of drug-likeness (QED) is 0.731. The van der Waals surface area contributed by atoms with Gasteiger partial charge in [-0.15, -0.1) is 0 Å². The Morgan fingerprint density at radius 1 is 1.54 bits per heavy atom. The van der Waals surface area contributed by atoms with Gasteiger partial charge >= 0.3 is 0 Å². The first-order valence-electron chi connectivity index (χ1n) is 4.35. The lowest BCUT2D eigenvalue weighted by Gasteiger charge is -2.10. The predicted molar refractivity (Wildman–Crippen MR) is 52.9 cm³/mol. The van der Waals surface area contributed by atoms with E-state index in [1.165, 1.54) is 0 Å². The Morgan fingerprint density at radius 2 is 2.15 bits per heavy atom. The van der Waals surface area contributed by atoms with E-state index in [4.69, 9.17) is 12.2 Å². The number of hydrogen-bond donors (Lipinski definition) is 2. The lowest BCUT2D eigenvalue weighted by Crippen LogP contribution is -2.10. The second-order valence-corrected chi connectivity index (χ2v) is 3.95. The number of nitrogens with zero attached hydrogens (tertiary/aromatic N) is 2. The Labute approximate surface area is 82.6 Å². The summed E-state index contributed by atoms with van der Waals surface area (Å²) in [5.74, 6) is 1.10. The Kier molecular flexibility index (Phi) is 3.22. The third-order valence-electron chi connectivity index (χ3n) is 1.71. The zero-order valence-electron chi connectivity index (χ0n) is 8.11. The van der Waals surface area contributed by atoms with Crippen molar-refractivity contribution in [2.75, 3.05) is 0 Å². The Balaban J connectivity index is 3.02. The van der Waals surface area contributed by atoms with Crippen molar-refractivity contribution in [2.45, 2.75) is 33.4 Å². The largest absolute Gasteiger partial charge is 0.385 e. The van der Waals surface area contributed by atoms with Crippen molar-refractivity contribution < 1.29 is 5.11 Å². The monoisotopic (exact) mass is 201 g/mol. The SMILES string of the molecule is CC(C)Cn1c(C(C)O)n[nH]c1=S. The summed E-state index contributed by atoms with van der Waals surface area (Å²) in [6, 6.07) is 0. The first-order chi connectivity index (χ1) is 6.02. The van der Waals surface area contributed by atoms with Crippen LogP contribution >= 0.6 is 12.2 Å². The molecule has 1 rings (SSSR count). The van der Waals surface area contributed by atoms with Gasteiger partial charge in [-0.25, -0.2) is 0 Å². The molecule has 0 radical (unpaired) electrons. The van der Waals surface area contributed by atoms with Gasteiger partial charge in [-0.1, -0.05) is 13.8 Å². The van der Waals surface area contributed by atoms with Gasteiger partial charge in [-0.05, 0) is 25.1 Å². The fourth-order valence-electron chi connectivity index (χ4n) is 1.19. The minimum absolute atomic E-state index is 0.488. The van der Waals surface area contributed by atoms with Crippen LogP contribution in [0, 0.1) is 10.7 Å². The summed E-state index contributed by atoms with van der Waals surface area (Å²) < 4.78 is 2.41. The third-order valence-corrected chi connectivity index (χ3v) is 2.02. The molecule has 0 aliphatic rings. The lowest BCUT2D eigenvalue weighted by molar-refractivity contribution is 0.181. The van der Waals surface area contributed by atoms with Crippen LogP contribution in [0.5, 0.6) is 0 Å². The van der Waals surface area contributed by atoms with E-state index in [1.807, 2.05) is 4.57 Å². The second kappa shape index (κ2) is 4.02. The standard InChI is InChI=1S/C8H15N3OS/c1-5(2)4-11-7(6(3)12)9-10-8(11)13/h5-6,12H,4H2,1-3H3,(H,10,13). The molecule has 1 unspecified atom stereocenters. The van der Waals surface area contributed by atoms with Crippen molar-refractivity contribution in [2.24, 2.45) is 5.92 Å². The van der Waals surface area contributed by atoms with Gasteiger partial charge in [0.25, 0.3) is 0 Å². The highest BCUT2D eigenvalue weighted by molar-refractivity contribution is 7.71. The summed E-state index contributed by atoms with van der Waals surface area (Å²) in [4.78, 5) is 0. The Hall–Kier alpha value is -0.680. The van der Waals surface area contributed by atoms with Crippen LogP contribution in [0.2, 0.25) is 0 Å². The van der Waals surface area contributed by atoms with E-state index < -0.39 is 6.10 Å². The molecular weight excluding hydrogens is 186 g/mol. The van der Waals surface area contributed by atoms with E-state index in [1.54, 1.807) is 6.92 Å². The number of aromatic amines is 1. The van der Waals surface area contributed by atoms with Crippen LogP contribution in [0.25, 0.3) is 0 Å². The van der Waals surface area contributed by atoms with Gasteiger partial charge in [0.2, 0.25) is 0 Å². The van der Waals surface area contributed by atoms with Crippen molar-refractivity contribution >= 4 is 12.2 Å². The van der Waals surface area contributed by atoms with E-state index >= 15 is 0 Å². The van der Waals surface area contributed by atoms with Gasteiger partial charge in [0.15, 0.2) is 10.6 Å². The molecule has 0 aliphatic carbocycles. The van der Waals surface area contributed by atoms with Gasteiger partial charge in [-0.2, -0.15) is 5.10 Å². The first kappa shape index (κ1) is 10.4. The molecule has 13 heavy (non-hydrogen) atoms. The minimum Gasteiger partial charge on any atom is -0.385 e. The fraction of sp³-hybridized carbons (Fsp3) is 0.750. The molecule has 4 nitrogen and oxygen atoms in total. The van der Waals surface area contributed by atoms with Gasteiger partial charge in [-0.3, -0.25) is 5.10 Å². The summed E-state index contributed by atoms with van der Waals surface area (Å²) in [6.07, 6.45) is -0.577. The van der Waals surface area contributed by atoms with Crippen molar-refractivity contribution in [3.63, 3.8) is 0 Å². The summed E-state index contributed by atoms with van der Waals surface area (Å²) in [5, 5.41) is 16.0. The predicted octanol–water partition coefficient (Wildman–Crippen LogP) is 1.65. The van der Waals surface area contributed by atoms with Crippen molar-refractivity contribution in [3.8, 4) is 0 Å². The van der Waals surface area contributed by atoms with Gasteiger partial charge in [0.1, 0.15) is 6.10 Å². The fourth-order valence-corrected chi connectivity index (χ4v) is 1.40. The van der Waals surface area contributed by atoms with Gasteiger partial charge in [0.05, 0.1) is 0 Å². The Bertz CT molecular complexity index is 326. The van der Waals surface area contributed by atoms with E-state index in [0.717, 1.165) is 6.54 Å². The van der Waals surface area contributed by atoms with Crippen molar-refractivity contribution in [1.29, 1.82) is 0 Å². The molecule has 0 bridgehead atoms. The summed E-state index contributed by atoms with van der Waals surface area (Å²) in [5.41, 5.74) is 0. The number of aromatic nitrogens is 3. The van der Waals surface area contributed by atoms with Crippen LogP contribution in [0.4, 0.5) is 0 Å². The number of hydrogen-bond acceptors (Lipinski definition) is 3. The second-order valence-electron chi connectivity index (χ2n) is 3.57. The number of aliphatic hydroxyl groups is 1. The molecular formula is C8H15N3OS. The highest BCUT2D eigenvalue weighted by Crippen LogP contribution is 2.11. The van der Waals surface area contributed by atoms with Crippen molar-refractivity contribution in [1.82, 2.24) is 14.8 Å². The molecule has 1 aromatic rings. The molecule has 0 aromatic carbocycles. The summed E-state index contributed by atoms with van der Waals surface area (Å²) in [6.45, 7) is 6.67. The van der Waals surface area contributed by atoms with E-state index in [2.05, 4.69) is 24.0 Å². The van der Waals surface area contributed by atoms with Crippen molar-refractivity contribution in [3.05, 3.63) is 10.6 Å². The molecule has 0 spiro atoms. The zero-order valence-corrected chi connectivity index (χ0v) is 8.93. The molecule has 0 fully saturated rings. The molecule has 0 saturated carbocycles. The van der Waals surface area contributed by atoms with Crippen LogP contribution in [-0.2, 0) is 6.54 Å². The van der Waals surface area contributed by atoms with E-state index in [0.29, 0.717) is 16.5 Å². The molecule has 1 atom stereocenters. The van der Waals surface area contributed by atoms with Crippen LogP contribution in [-0.4, -0.2) is 19.9 Å². The molecule has 5 heteroatoms. The first-order valence-corrected chi connectivity index (χ1v) is 4.76. The lowest BCUT2D eigenvalue weighted by atomic mass is 10.2. The maximum absolute atomic E-state index is 9.38. The molecule has 0 saturated heterocycles. The number of H-pyrrole nitrogens is 1. The number of aliphatic hydroxyl groups excluding tert-OH is 1. The summed E-state index contributed by atoms with van der Waals surface area (Å²) in [7, 11) is 0. The highest BCUT2D eigenvalue weighted by Gasteiger charge is 2.11. The normalized spacial score (nSPS) is 13.6. The third kappa shape index (κ3) is 2.38. The minimum atomic E-state index is -0.577. The van der Waals surface area contributed by atoms with Gasteiger partial charge < -0.3 is 9.67 Å². The molecule has 1 heterocycles. The zero-order chi connectivity index (χ0) is 10.0. The van der Waals surface area contributed by atoms with Crippen LogP contribution in [0.15, 0.2) is 0 Å². The Morgan fingerprint density at radius 3 is 2.62 bits per heavy atom. The van der Waals surface area contributed by atoms with Crippen LogP contribution in [0.3, 0.4) is 0 Å². The molecule has 1 aromatic heterocycles. The molecule has 2 N–H and O–H groups in total. The van der Waals surface area contributed by atoms with E-state index in [9.17, 15) is 5.11 Å². The molecule has 0 aliphatic heterocycles. The van der Waals surface area contributed by atoms with E-state index in [-0.39, 0.29) is 0 Å². The maximum atomic E-state index is 9.38. The van der Waals surface area contributed by atoms with Crippen LogP contribution in [0.1, 0.15) is 32.7 Å². The molecule has 0 amide bonds. The average Bonchev–Trinajstić information content (AvgIpc) is 2.32. The average molecular weight is 201 g/mol. The maximum Gasteiger partial charge on any atom is 0.195 e. The summed E-state index contributed by atoms with van der Waals surface area (Å²) >= 11 is 5.04. The molecule has 74 valence electrons. The smallest absolute Gasteiger partial charge is 0.195 e. The number of nitrogens with one attached hydrogen (secondary N) is 1. The highest BCUT2D eigenvalue weighted by atomic mass is 32.1. The van der Waals surface area contributed by atoms with Gasteiger partial charge in [0, 0.05) is 6.54 Å². The van der Waals surface area contributed by atoms with Crippen LogP contribution < -0.4 is 0 Å². The number of rotatable bonds is 3. The topological polar surface area (TPSA) is 53.8 Å².